The van der Waals surface area contributed by atoms with Crippen molar-refractivity contribution in [1.82, 2.24) is 15.3 Å². The Morgan fingerprint density at radius 1 is 1.34 bits per heavy atom. The molecule has 0 atom stereocenters. The number of halogens is 2. The molecule has 7 heteroatoms. The summed E-state index contributed by atoms with van der Waals surface area (Å²) < 4.78 is 0.952. The van der Waals surface area contributed by atoms with Crippen molar-refractivity contribution in [3.8, 4) is 0 Å². The van der Waals surface area contributed by atoms with Crippen molar-refractivity contribution < 1.29 is 4.79 Å². The first-order chi connectivity index (χ1) is 14.1. The molecule has 1 amide bonds. The summed E-state index contributed by atoms with van der Waals surface area (Å²) in [7, 11) is 0. The number of fused-ring (bicyclic) bond motifs is 1. The largest absolute Gasteiger partial charge is 0.404 e. The molecule has 0 aliphatic carbocycles. The van der Waals surface area contributed by atoms with E-state index >= 15 is 0 Å². The van der Waals surface area contributed by atoms with Crippen molar-refractivity contribution in [2.45, 2.75) is 19.4 Å². The van der Waals surface area contributed by atoms with E-state index in [4.69, 9.17) is 17.3 Å². The van der Waals surface area contributed by atoms with Crippen molar-refractivity contribution in [1.29, 1.82) is 0 Å². The summed E-state index contributed by atoms with van der Waals surface area (Å²) in [5, 5.41) is 3.89. The minimum atomic E-state index is -0.119. The number of alkyl halides is 1. The number of hydrogen-bond acceptors (Lipinski definition) is 3. The number of H-pyrrole nitrogens is 1. The van der Waals surface area contributed by atoms with Crippen LogP contribution in [-0.4, -0.2) is 21.8 Å². The Hall–Kier alpha value is -2.57. The van der Waals surface area contributed by atoms with Gasteiger partial charge in [-0.25, -0.2) is 0 Å². The van der Waals surface area contributed by atoms with E-state index in [0.717, 1.165) is 32.2 Å². The molecular formula is C22H22BrClN4O. The molecule has 2 heterocycles. The molecule has 0 bridgehead atoms. The number of carbonyl (C=O) groups excluding carboxylic acids is 1. The van der Waals surface area contributed by atoms with Crippen LogP contribution in [0.1, 0.15) is 28.0 Å². The minimum absolute atomic E-state index is 0.119. The molecule has 3 aromatic rings. The van der Waals surface area contributed by atoms with Crippen molar-refractivity contribution >= 4 is 44.3 Å². The molecule has 0 aliphatic heterocycles. The van der Waals surface area contributed by atoms with E-state index in [9.17, 15) is 4.79 Å². The summed E-state index contributed by atoms with van der Waals surface area (Å²) >= 11 is 9.21. The molecule has 0 spiro atoms. The van der Waals surface area contributed by atoms with E-state index in [2.05, 4.69) is 31.2 Å². The van der Waals surface area contributed by atoms with Crippen LogP contribution in [0.25, 0.3) is 10.9 Å². The maximum atomic E-state index is 13.1. The Morgan fingerprint density at radius 3 is 2.93 bits per heavy atom. The molecule has 0 aliphatic rings. The van der Waals surface area contributed by atoms with Crippen LogP contribution in [0.15, 0.2) is 71.1 Å². The molecule has 2 aromatic heterocycles. The molecule has 0 radical (unpaired) electrons. The zero-order chi connectivity index (χ0) is 20.6. The van der Waals surface area contributed by atoms with E-state index in [1.807, 2.05) is 42.5 Å². The molecule has 0 saturated carbocycles. The van der Waals surface area contributed by atoms with Crippen LogP contribution in [0.2, 0.25) is 0 Å². The number of hydrogen-bond donors (Lipinski definition) is 3. The van der Waals surface area contributed by atoms with Crippen LogP contribution in [0.3, 0.4) is 0 Å². The molecule has 0 unspecified atom stereocenters. The van der Waals surface area contributed by atoms with Crippen molar-refractivity contribution in [2.75, 3.05) is 5.88 Å². The highest BCUT2D eigenvalue weighted by molar-refractivity contribution is 9.10. The van der Waals surface area contributed by atoms with E-state index < -0.39 is 0 Å². The maximum Gasteiger partial charge on any atom is 0.254 e. The molecule has 0 saturated heterocycles. The van der Waals surface area contributed by atoms with Crippen LogP contribution < -0.4 is 11.1 Å². The van der Waals surface area contributed by atoms with E-state index in [0.29, 0.717) is 30.8 Å². The number of allylic oxidation sites excluding steroid dienone is 3. The monoisotopic (exact) mass is 472 g/mol. The second kappa shape index (κ2) is 10.3. The number of aromatic nitrogens is 2. The first-order valence-electron chi connectivity index (χ1n) is 9.23. The molecule has 3 rings (SSSR count). The second-order valence-corrected chi connectivity index (χ2v) is 7.73. The van der Waals surface area contributed by atoms with Crippen LogP contribution in [0, 0.1) is 0 Å². The molecular weight excluding hydrogens is 452 g/mol. The quantitative estimate of drug-likeness (QED) is 0.324. The summed E-state index contributed by atoms with van der Waals surface area (Å²) in [6.45, 7) is 0.418. The predicted octanol–water partition coefficient (Wildman–Crippen LogP) is 4.83. The predicted molar refractivity (Wildman–Crippen MR) is 122 cm³/mol. The SMILES string of the molecule is N/C=C(\C=C/CCl)CCc1[nH]c2cc(Br)ccc2c1C(=O)NCc1cccnc1. The van der Waals surface area contributed by atoms with Gasteiger partial charge >= 0.3 is 0 Å². The fourth-order valence-electron chi connectivity index (χ4n) is 3.13. The molecule has 4 N–H and O–H groups in total. The van der Waals surface area contributed by atoms with E-state index in [-0.39, 0.29) is 5.91 Å². The fourth-order valence-corrected chi connectivity index (χ4v) is 3.58. The smallest absolute Gasteiger partial charge is 0.254 e. The third-order valence-corrected chi connectivity index (χ3v) is 5.21. The molecule has 29 heavy (non-hydrogen) atoms. The van der Waals surface area contributed by atoms with E-state index in [1.54, 1.807) is 18.6 Å². The van der Waals surface area contributed by atoms with E-state index in [1.165, 1.54) is 0 Å². The van der Waals surface area contributed by atoms with Crippen molar-refractivity contribution in [3.63, 3.8) is 0 Å². The Morgan fingerprint density at radius 2 is 2.21 bits per heavy atom. The van der Waals surface area contributed by atoms with Crippen LogP contribution >= 0.6 is 27.5 Å². The standard InChI is InChI=1S/C22H22BrClN4O/c23-17-6-7-18-20(11-17)28-19(8-5-15(12-25)3-1-9-24)21(18)22(29)27-14-16-4-2-10-26-13-16/h1-4,6-7,10-13,28H,5,8-9,14,25H2,(H,27,29)/b3-1-,15-12+. The number of amides is 1. The summed E-state index contributed by atoms with van der Waals surface area (Å²) in [6, 6.07) is 9.65. The van der Waals surface area contributed by atoms with Gasteiger partial charge in [0.2, 0.25) is 0 Å². The number of nitrogens with zero attached hydrogens (tertiary/aromatic N) is 1. The molecule has 150 valence electrons. The highest BCUT2D eigenvalue weighted by Crippen LogP contribution is 2.27. The highest BCUT2D eigenvalue weighted by Gasteiger charge is 2.18. The third-order valence-electron chi connectivity index (χ3n) is 4.54. The summed E-state index contributed by atoms with van der Waals surface area (Å²) in [4.78, 5) is 20.5. The Kier molecular flexibility index (Phi) is 7.49. The number of pyridine rings is 1. The lowest BCUT2D eigenvalue weighted by Crippen LogP contribution is -2.23. The number of nitrogens with one attached hydrogen (secondary N) is 2. The van der Waals surface area contributed by atoms with Gasteiger partial charge in [0.05, 0.1) is 5.56 Å². The van der Waals surface area contributed by atoms with Gasteiger partial charge in [0.1, 0.15) is 0 Å². The third kappa shape index (κ3) is 5.49. The molecule has 5 nitrogen and oxygen atoms in total. The molecule has 1 aromatic carbocycles. The number of aryl methyl sites for hydroxylation is 1. The van der Waals surface area contributed by atoms with Gasteiger partial charge < -0.3 is 16.0 Å². The van der Waals surface area contributed by atoms with Gasteiger partial charge in [0.25, 0.3) is 5.91 Å². The van der Waals surface area contributed by atoms with Crippen LogP contribution in [0.5, 0.6) is 0 Å². The average Bonchev–Trinajstić information content (AvgIpc) is 3.10. The van der Waals surface area contributed by atoms with Crippen molar-refractivity contribution in [3.05, 3.63) is 87.9 Å². The van der Waals surface area contributed by atoms with Gasteiger partial charge in [0, 0.05) is 45.9 Å². The number of rotatable bonds is 8. The normalized spacial score (nSPS) is 12.0. The lowest BCUT2D eigenvalue weighted by molar-refractivity contribution is 0.0951. The molecule has 0 fully saturated rings. The van der Waals surface area contributed by atoms with Gasteiger partial charge in [-0.05, 0) is 48.4 Å². The topological polar surface area (TPSA) is 83.8 Å². The average molecular weight is 474 g/mol. The first kappa shape index (κ1) is 21.1. The minimum Gasteiger partial charge on any atom is -0.404 e. The van der Waals surface area contributed by atoms with Gasteiger partial charge in [-0.1, -0.05) is 40.2 Å². The lowest BCUT2D eigenvalue weighted by Gasteiger charge is -2.08. The number of carbonyl (C=O) groups is 1. The Balaban J connectivity index is 1.86. The summed E-state index contributed by atoms with van der Waals surface area (Å²) in [5.74, 6) is 0.312. The fraction of sp³-hybridized carbons (Fsp3) is 0.182. The van der Waals surface area contributed by atoms with Gasteiger partial charge in [0.15, 0.2) is 0 Å². The summed E-state index contributed by atoms with van der Waals surface area (Å²) in [5.41, 5.74) is 10.1. The maximum absolute atomic E-state index is 13.1. The highest BCUT2D eigenvalue weighted by atomic mass is 79.9. The van der Waals surface area contributed by atoms with Gasteiger partial charge in [-0.3, -0.25) is 9.78 Å². The number of nitrogens with two attached hydrogens (primary N) is 1. The second-order valence-electron chi connectivity index (χ2n) is 6.51. The Labute approximate surface area is 183 Å². The van der Waals surface area contributed by atoms with Crippen LogP contribution in [0.4, 0.5) is 0 Å². The van der Waals surface area contributed by atoms with Crippen molar-refractivity contribution in [2.24, 2.45) is 5.73 Å². The number of aromatic amines is 1. The first-order valence-corrected chi connectivity index (χ1v) is 10.6. The summed E-state index contributed by atoms with van der Waals surface area (Å²) in [6.07, 6.45) is 10.1. The van der Waals surface area contributed by atoms with Gasteiger partial charge in [-0.15, -0.1) is 11.6 Å². The zero-order valence-electron chi connectivity index (χ0n) is 15.8. The zero-order valence-corrected chi connectivity index (χ0v) is 18.1. The number of benzene rings is 1. The van der Waals surface area contributed by atoms with Gasteiger partial charge in [-0.2, -0.15) is 0 Å². The Bertz CT molecular complexity index is 1040. The lowest BCUT2D eigenvalue weighted by atomic mass is 10.0. The van der Waals surface area contributed by atoms with Crippen LogP contribution in [-0.2, 0) is 13.0 Å².